The molecular formula is C27H28ClN5O9S3. The summed E-state index contributed by atoms with van der Waals surface area (Å²) in [6, 6.07) is 6.37. The predicted molar refractivity (Wildman–Crippen MR) is 165 cm³/mol. The lowest BCUT2D eigenvalue weighted by Crippen LogP contribution is -2.71. The topological polar surface area (TPSA) is 197 Å². The molecule has 2 aliphatic heterocycles. The first-order chi connectivity index (χ1) is 21.0. The number of nitrogens with two attached hydrogens (primary N) is 1. The van der Waals surface area contributed by atoms with Crippen LogP contribution in [-0.2, 0) is 35.3 Å². The van der Waals surface area contributed by atoms with Crippen LogP contribution in [0.5, 0.6) is 0 Å². The van der Waals surface area contributed by atoms with Crippen LogP contribution in [-0.4, -0.2) is 67.8 Å². The molecule has 2 amide bonds. The van der Waals surface area contributed by atoms with Gasteiger partial charge in [-0.15, -0.1) is 34.4 Å². The number of ether oxygens (including phenoxy) is 2. The Morgan fingerprint density at radius 1 is 1.18 bits per heavy atom. The number of amides is 2. The van der Waals surface area contributed by atoms with Crippen LogP contribution in [0, 0.1) is 13.8 Å². The summed E-state index contributed by atoms with van der Waals surface area (Å²) in [5.41, 5.74) is 6.69. The number of aromatic nitrogens is 2. The number of carbonyl (C=O) groups is 4. The molecule has 18 heteroatoms. The van der Waals surface area contributed by atoms with E-state index in [9.17, 15) is 24.0 Å². The van der Waals surface area contributed by atoms with Crippen LogP contribution in [0.25, 0.3) is 0 Å². The Morgan fingerprint density at radius 2 is 1.91 bits per heavy atom. The number of nitrogens with zero attached hydrogens (tertiary/aromatic N) is 3. The monoisotopic (exact) mass is 697 g/mol. The average molecular weight is 698 g/mol. The Morgan fingerprint density at radius 3 is 2.53 bits per heavy atom. The highest BCUT2D eigenvalue weighted by Crippen LogP contribution is 2.42. The molecule has 5 rings (SSSR count). The molecule has 0 aliphatic carbocycles. The lowest BCUT2D eigenvalue weighted by Gasteiger charge is -2.49. The van der Waals surface area contributed by atoms with Crippen molar-refractivity contribution in [3.8, 4) is 0 Å². The van der Waals surface area contributed by atoms with Crippen LogP contribution in [0.2, 0.25) is 0 Å². The normalized spacial score (nSPS) is 18.7. The minimum atomic E-state index is -1.35. The molecule has 0 saturated carbocycles. The first-order valence-corrected chi connectivity index (χ1v) is 16.1. The van der Waals surface area contributed by atoms with Gasteiger partial charge in [-0.05, 0) is 26.3 Å². The Kier molecular flexibility index (Phi) is 11.1. The molecule has 4 atom stereocenters. The second-order valence-electron chi connectivity index (χ2n) is 9.75. The van der Waals surface area contributed by atoms with E-state index in [0.717, 1.165) is 5.01 Å². The van der Waals surface area contributed by atoms with Gasteiger partial charge in [0.15, 0.2) is 22.5 Å². The summed E-state index contributed by atoms with van der Waals surface area (Å²) in [6.07, 6.45) is -1.35. The van der Waals surface area contributed by atoms with E-state index in [1.807, 2.05) is 6.92 Å². The Bertz CT molecular complexity index is 1670. The van der Waals surface area contributed by atoms with Crippen molar-refractivity contribution in [3.63, 3.8) is 0 Å². The number of fused-ring (bicyclic) bond motifs is 1. The zero-order valence-corrected chi connectivity index (χ0v) is 27.3. The number of esters is 2. The molecule has 3 unspecified atom stereocenters. The maximum Gasteiger partial charge on any atom is 0.519 e. The summed E-state index contributed by atoms with van der Waals surface area (Å²) < 4.78 is 21.3. The van der Waals surface area contributed by atoms with Crippen molar-refractivity contribution in [2.24, 2.45) is 5.73 Å². The van der Waals surface area contributed by atoms with Crippen molar-refractivity contribution in [1.82, 2.24) is 20.4 Å². The molecule has 3 aromatic rings. The highest BCUT2D eigenvalue weighted by Gasteiger charge is 2.55. The zero-order valence-electron chi connectivity index (χ0n) is 24.0. The van der Waals surface area contributed by atoms with Crippen LogP contribution in [0.3, 0.4) is 0 Å². The van der Waals surface area contributed by atoms with Crippen molar-refractivity contribution in [3.05, 3.63) is 74.3 Å². The highest BCUT2D eigenvalue weighted by atomic mass is 35.5. The summed E-state index contributed by atoms with van der Waals surface area (Å²) in [5, 5.41) is 10.9. The van der Waals surface area contributed by atoms with E-state index in [1.165, 1.54) is 53.6 Å². The van der Waals surface area contributed by atoms with Gasteiger partial charge in [0.25, 0.3) is 11.8 Å². The van der Waals surface area contributed by atoms with E-state index < -0.39 is 53.1 Å². The first-order valence-electron chi connectivity index (χ1n) is 13.2. The molecule has 1 aromatic carbocycles. The minimum absolute atomic E-state index is 0. The number of benzene rings is 1. The number of halogens is 1. The predicted octanol–water partition coefficient (Wildman–Crippen LogP) is 2.24. The fraction of sp³-hybridized carbons (Fsp3) is 0.370. The van der Waals surface area contributed by atoms with Gasteiger partial charge in [0, 0.05) is 17.1 Å². The zero-order chi connectivity index (χ0) is 31.5. The van der Waals surface area contributed by atoms with Crippen LogP contribution in [0.1, 0.15) is 35.1 Å². The van der Waals surface area contributed by atoms with Gasteiger partial charge in [0.1, 0.15) is 28.2 Å². The number of hydrogen-bond acceptors (Lipinski definition) is 15. The van der Waals surface area contributed by atoms with E-state index in [4.69, 9.17) is 24.0 Å². The van der Waals surface area contributed by atoms with E-state index in [-0.39, 0.29) is 36.2 Å². The first kappa shape index (κ1) is 34.2. The van der Waals surface area contributed by atoms with Gasteiger partial charge in [-0.2, -0.15) is 0 Å². The molecule has 1 saturated heterocycles. The second kappa shape index (κ2) is 14.6. The summed E-state index contributed by atoms with van der Waals surface area (Å²) in [4.78, 5) is 65.3. The Balaban J connectivity index is 0.00000461. The standard InChI is InChI=1S/C27H27N5O9S3.ClH/c1-12(28)24(35)41-20(15-7-5-4-6-8-15)21(33)29-18-22(34)32-19(25(36)38-9-17-13(2)39-27(37)40-17)16(10-42-23(18)32)11-43-26-31-30-14(3)44-26;/h4-8,12,18,20,23H,9-11,28H2,1-3H3,(H,29,33);1H/t12?,18?,20?,23-;/m1./s1. The summed E-state index contributed by atoms with van der Waals surface area (Å²) in [7, 11) is 0. The molecule has 4 heterocycles. The molecule has 2 aromatic heterocycles. The van der Waals surface area contributed by atoms with E-state index >= 15 is 0 Å². The summed E-state index contributed by atoms with van der Waals surface area (Å²) in [6.45, 7) is 4.37. The smallest absolute Gasteiger partial charge is 0.453 e. The second-order valence-corrected chi connectivity index (χ2v) is 13.3. The maximum atomic E-state index is 13.5. The quantitative estimate of drug-likeness (QED) is 0.168. The minimum Gasteiger partial charge on any atom is -0.453 e. The number of thioether (sulfide) groups is 2. The molecule has 0 radical (unpaired) electrons. The number of nitrogens with one attached hydrogen (secondary N) is 1. The fourth-order valence-corrected chi connectivity index (χ4v) is 7.63. The summed E-state index contributed by atoms with van der Waals surface area (Å²) >= 11 is 4.12. The molecule has 0 spiro atoms. The van der Waals surface area contributed by atoms with Gasteiger partial charge in [-0.1, -0.05) is 53.4 Å². The maximum absolute atomic E-state index is 13.5. The van der Waals surface area contributed by atoms with Crippen LogP contribution in [0.4, 0.5) is 0 Å². The van der Waals surface area contributed by atoms with Gasteiger partial charge < -0.3 is 29.4 Å². The summed E-state index contributed by atoms with van der Waals surface area (Å²) in [5.74, 6) is -2.91. The number of β-lactam (4-membered cyclic amide) rings is 1. The molecule has 45 heavy (non-hydrogen) atoms. The van der Waals surface area contributed by atoms with Crippen LogP contribution < -0.4 is 16.9 Å². The van der Waals surface area contributed by atoms with E-state index in [2.05, 4.69) is 15.5 Å². The molecule has 1 fully saturated rings. The van der Waals surface area contributed by atoms with Gasteiger partial charge in [0.2, 0.25) is 6.10 Å². The van der Waals surface area contributed by atoms with Crippen molar-refractivity contribution < 1.29 is 37.5 Å². The number of rotatable bonds is 11. The average Bonchev–Trinajstić information content (AvgIpc) is 3.58. The molecule has 3 N–H and O–H groups in total. The lowest BCUT2D eigenvalue weighted by atomic mass is 10.0. The van der Waals surface area contributed by atoms with Gasteiger partial charge in [-0.3, -0.25) is 19.3 Å². The van der Waals surface area contributed by atoms with Crippen molar-refractivity contribution in [1.29, 1.82) is 0 Å². The number of aryl methyl sites for hydroxylation is 2. The molecule has 2 aliphatic rings. The van der Waals surface area contributed by atoms with Crippen LogP contribution >= 0.6 is 47.3 Å². The SMILES string of the molecule is Cc1nnc(SCC2=C(C(=O)OCc3oc(=O)oc3C)N3C(=O)C(NC(=O)C(OC(=O)C(C)N)c4ccccc4)[C@H]3SC2)s1.Cl. The van der Waals surface area contributed by atoms with Crippen molar-refractivity contribution in [2.75, 3.05) is 11.5 Å². The molecule has 0 bridgehead atoms. The van der Waals surface area contributed by atoms with Gasteiger partial charge in [-0.25, -0.2) is 9.59 Å². The fourth-order valence-electron chi connectivity index (χ4n) is 4.33. The number of carbonyl (C=O) groups excluding carboxylic acids is 4. The third-order valence-electron chi connectivity index (χ3n) is 6.53. The van der Waals surface area contributed by atoms with Crippen molar-refractivity contribution >= 4 is 71.0 Å². The third-order valence-corrected chi connectivity index (χ3v) is 9.93. The molecular weight excluding hydrogens is 670 g/mol. The van der Waals surface area contributed by atoms with Gasteiger partial charge in [0.05, 0.1) is 0 Å². The lowest BCUT2D eigenvalue weighted by molar-refractivity contribution is -0.160. The highest BCUT2D eigenvalue weighted by molar-refractivity contribution is 8.01. The van der Waals surface area contributed by atoms with E-state index in [1.54, 1.807) is 30.3 Å². The number of hydrogen-bond donors (Lipinski definition) is 2. The Labute approximate surface area is 274 Å². The van der Waals surface area contributed by atoms with E-state index in [0.29, 0.717) is 27.0 Å². The molecule has 240 valence electrons. The third kappa shape index (κ3) is 7.61. The Hall–Kier alpha value is -3.64. The van der Waals surface area contributed by atoms with Crippen molar-refractivity contribution in [2.45, 2.75) is 55.3 Å². The van der Waals surface area contributed by atoms with Crippen LogP contribution in [0.15, 0.2) is 59.6 Å². The van der Waals surface area contributed by atoms with Gasteiger partial charge >= 0.3 is 17.8 Å². The molecule has 14 nitrogen and oxygen atoms in total. The largest absolute Gasteiger partial charge is 0.519 e.